The van der Waals surface area contributed by atoms with Gasteiger partial charge in [-0.3, -0.25) is 0 Å². The second-order valence-electron chi connectivity index (χ2n) is 3.92. The number of anilines is 1. The van der Waals surface area contributed by atoms with Crippen LogP contribution in [0.5, 0.6) is 0 Å². The van der Waals surface area contributed by atoms with E-state index < -0.39 is 0 Å². The number of nitrogen functional groups attached to an aromatic ring is 1. The number of hydrogen-bond acceptors (Lipinski definition) is 4. The summed E-state index contributed by atoms with van der Waals surface area (Å²) in [5.41, 5.74) is 6.58. The lowest BCUT2D eigenvalue weighted by Crippen LogP contribution is -2.35. The molecular formula is C10H15BrN4. The molecule has 4 nitrogen and oxygen atoms in total. The smallest absolute Gasteiger partial charge is 0.160 e. The van der Waals surface area contributed by atoms with Crippen molar-refractivity contribution in [2.45, 2.75) is 31.7 Å². The van der Waals surface area contributed by atoms with E-state index in [1.807, 2.05) is 6.07 Å². The molecule has 0 aliphatic carbocycles. The minimum absolute atomic E-state index is 0.454. The molecule has 1 saturated heterocycles. The van der Waals surface area contributed by atoms with Crippen LogP contribution in [0.2, 0.25) is 0 Å². The van der Waals surface area contributed by atoms with Crippen molar-refractivity contribution in [3.05, 3.63) is 16.2 Å². The molecule has 82 valence electrons. The fraction of sp³-hybridized carbons (Fsp3) is 0.600. The van der Waals surface area contributed by atoms with E-state index in [0.29, 0.717) is 11.9 Å². The van der Waals surface area contributed by atoms with Gasteiger partial charge in [0.2, 0.25) is 0 Å². The lowest BCUT2D eigenvalue weighted by atomic mass is 10.0. The van der Waals surface area contributed by atoms with Gasteiger partial charge in [0.05, 0.1) is 10.2 Å². The Bertz CT molecular complexity index is 336. The van der Waals surface area contributed by atoms with Gasteiger partial charge in [-0.05, 0) is 41.4 Å². The van der Waals surface area contributed by atoms with Crippen LogP contribution in [-0.2, 0) is 6.42 Å². The standard InChI is InChI=1S/C10H15BrN4/c11-9-6-8(14-15-10(9)12)5-7-3-1-2-4-13-7/h6-7,13H,1-5H2,(H2,12,15). The molecule has 0 amide bonds. The van der Waals surface area contributed by atoms with Crippen molar-refractivity contribution in [2.24, 2.45) is 0 Å². The summed E-state index contributed by atoms with van der Waals surface area (Å²) in [6.07, 6.45) is 4.75. The topological polar surface area (TPSA) is 63.8 Å². The summed E-state index contributed by atoms with van der Waals surface area (Å²) in [7, 11) is 0. The van der Waals surface area contributed by atoms with Crippen molar-refractivity contribution in [3.63, 3.8) is 0 Å². The number of nitrogens with two attached hydrogens (primary N) is 1. The summed E-state index contributed by atoms with van der Waals surface area (Å²) in [5.74, 6) is 0.454. The van der Waals surface area contributed by atoms with Crippen molar-refractivity contribution in [1.29, 1.82) is 0 Å². The van der Waals surface area contributed by atoms with Crippen LogP contribution in [-0.4, -0.2) is 22.8 Å². The maximum Gasteiger partial charge on any atom is 0.160 e. The summed E-state index contributed by atoms with van der Waals surface area (Å²) >= 11 is 3.36. The van der Waals surface area contributed by atoms with E-state index in [-0.39, 0.29) is 0 Å². The maximum absolute atomic E-state index is 5.59. The fourth-order valence-electron chi connectivity index (χ4n) is 1.87. The van der Waals surface area contributed by atoms with Crippen LogP contribution in [0.15, 0.2) is 10.5 Å². The normalized spacial score (nSPS) is 21.5. The van der Waals surface area contributed by atoms with Gasteiger partial charge in [-0.1, -0.05) is 6.42 Å². The van der Waals surface area contributed by atoms with E-state index in [4.69, 9.17) is 5.73 Å². The second-order valence-corrected chi connectivity index (χ2v) is 4.77. The van der Waals surface area contributed by atoms with Crippen LogP contribution in [0.4, 0.5) is 5.82 Å². The van der Waals surface area contributed by atoms with Gasteiger partial charge in [0.15, 0.2) is 5.82 Å². The second kappa shape index (κ2) is 4.90. The molecule has 0 bridgehead atoms. The number of rotatable bonds is 2. The van der Waals surface area contributed by atoms with Crippen LogP contribution >= 0.6 is 15.9 Å². The van der Waals surface area contributed by atoms with Gasteiger partial charge in [-0.15, -0.1) is 5.10 Å². The van der Waals surface area contributed by atoms with Gasteiger partial charge >= 0.3 is 0 Å². The molecule has 5 heteroatoms. The molecule has 1 aromatic rings. The van der Waals surface area contributed by atoms with Crippen LogP contribution < -0.4 is 11.1 Å². The number of hydrogen-bond donors (Lipinski definition) is 2. The molecule has 1 aliphatic rings. The molecule has 15 heavy (non-hydrogen) atoms. The minimum Gasteiger partial charge on any atom is -0.381 e. The summed E-state index contributed by atoms with van der Waals surface area (Å²) in [4.78, 5) is 0. The highest BCUT2D eigenvalue weighted by molar-refractivity contribution is 9.10. The van der Waals surface area contributed by atoms with Gasteiger partial charge in [0.1, 0.15) is 0 Å². The Hall–Kier alpha value is -0.680. The molecule has 0 radical (unpaired) electrons. The molecule has 3 N–H and O–H groups in total. The molecule has 1 fully saturated rings. The first-order valence-corrected chi connectivity index (χ1v) is 6.06. The molecule has 0 aromatic carbocycles. The third kappa shape index (κ3) is 2.89. The predicted octanol–water partition coefficient (Wildman–Crippen LogP) is 1.51. The Labute approximate surface area is 97.8 Å². The fourth-order valence-corrected chi connectivity index (χ4v) is 2.21. The van der Waals surface area contributed by atoms with Crippen molar-refractivity contribution < 1.29 is 0 Å². The first-order chi connectivity index (χ1) is 7.25. The molecule has 2 rings (SSSR count). The first kappa shape index (κ1) is 10.8. The summed E-state index contributed by atoms with van der Waals surface area (Å²) in [6, 6.07) is 2.50. The SMILES string of the molecule is Nc1nnc(CC2CCCCN2)cc1Br. The van der Waals surface area contributed by atoms with E-state index in [0.717, 1.165) is 23.1 Å². The zero-order valence-corrected chi connectivity index (χ0v) is 10.1. The lowest BCUT2D eigenvalue weighted by molar-refractivity contribution is 0.396. The largest absolute Gasteiger partial charge is 0.381 e. The van der Waals surface area contributed by atoms with Crippen LogP contribution in [0.3, 0.4) is 0 Å². The molecule has 0 spiro atoms. The highest BCUT2D eigenvalue weighted by Gasteiger charge is 2.14. The average molecular weight is 271 g/mol. The molecule has 1 aliphatic heterocycles. The van der Waals surface area contributed by atoms with Crippen molar-refractivity contribution in [2.75, 3.05) is 12.3 Å². The third-order valence-electron chi connectivity index (χ3n) is 2.69. The number of halogens is 1. The van der Waals surface area contributed by atoms with Gasteiger partial charge in [0.25, 0.3) is 0 Å². The van der Waals surface area contributed by atoms with Gasteiger partial charge < -0.3 is 11.1 Å². The first-order valence-electron chi connectivity index (χ1n) is 5.26. The zero-order chi connectivity index (χ0) is 10.7. The van der Waals surface area contributed by atoms with E-state index in [9.17, 15) is 0 Å². The number of piperidine rings is 1. The van der Waals surface area contributed by atoms with Crippen LogP contribution in [0, 0.1) is 0 Å². The number of aromatic nitrogens is 2. The van der Waals surface area contributed by atoms with E-state index in [1.54, 1.807) is 0 Å². The molecule has 1 unspecified atom stereocenters. The highest BCUT2D eigenvalue weighted by atomic mass is 79.9. The molecule has 1 aromatic heterocycles. The van der Waals surface area contributed by atoms with Gasteiger partial charge in [-0.25, -0.2) is 0 Å². The van der Waals surface area contributed by atoms with Crippen LogP contribution in [0.25, 0.3) is 0 Å². The van der Waals surface area contributed by atoms with Crippen LogP contribution in [0.1, 0.15) is 25.0 Å². The quantitative estimate of drug-likeness (QED) is 0.855. The Morgan fingerprint density at radius 2 is 2.33 bits per heavy atom. The monoisotopic (exact) mass is 270 g/mol. The molecule has 0 saturated carbocycles. The van der Waals surface area contributed by atoms with Crippen molar-refractivity contribution in [1.82, 2.24) is 15.5 Å². The number of nitrogens with one attached hydrogen (secondary N) is 1. The predicted molar refractivity (Wildman–Crippen MR) is 63.5 cm³/mol. The van der Waals surface area contributed by atoms with Crippen molar-refractivity contribution >= 4 is 21.7 Å². The van der Waals surface area contributed by atoms with E-state index in [2.05, 4.69) is 31.4 Å². The lowest BCUT2D eigenvalue weighted by Gasteiger charge is -2.22. The Balaban J connectivity index is 2.00. The molecule has 1 atom stereocenters. The molecular weight excluding hydrogens is 256 g/mol. The van der Waals surface area contributed by atoms with Gasteiger partial charge in [-0.2, -0.15) is 5.10 Å². The molecule has 2 heterocycles. The Morgan fingerprint density at radius 1 is 1.47 bits per heavy atom. The Morgan fingerprint density at radius 3 is 3.00 bits per heavy atom. The average Bonchev–Trinajstić information content (AvgIpc) is 2.25. The van der Waals surface area contributed by atoms with E-state index >= 15 is 0 Å². The van der Waals surface area contributed by atoms with E-state index in [1.165, 1.54) is 19.3 Å². The summed E-state index contributed by atoms with van der Waals surface area (Å²) < 4.78 is 0.836. The third-order valence-corrected chi connectivity index (χ3v) is 3.33. The summed E-state index contributed by atoms with van der Waals surface area (Å²) in [5, 5.41) is 11.5. The maximum atomic E-state index is 5.59. The van der Waals surface area contributed by atoms with Crippen molar-refractivity contribution in [3.8, 4) is 0 Å². The zero-order valence-electron chi connectivity index (χ0n) is 8.54. The van der Waals surface area contributed by atoms with Gasteiger partial charge in [0, 0.05) is 12.5 Å². The minimum atomic E-state index is 0.454. The highest BCUT2D eigenvalue weighted by Crippen LogP contribution is 2.18. The summed E-state index contributed by atoms with van der Waals surface area (Å²) in [6.45, 7) is 1.12. The Kier molecular flexibility index (Phi) is 3.53. The number of nitrogens with zero attached hydrogens (tertiary/aromatic N) is 2.